The fourth-order valence-corrected chi connectivity index (χ4v) is 4.72. The minimum atomic E-state index is -5.27. The van der Waals surface area contributed by atoms with E-state index >= 15 is 0 Å². The molecule has 1 aromatic heterocycles. The minimum absolute atomic E-state index is 0.00299. The number of nitrogens with zero attached hydrogens (tertiary/aromatic N) is 2. The average molecular weight is 677 g/mol. The summed E-state index contributed by atoms with van der Waals surface area (Å²) in [6.45, 7) is 14.8. The number of amides is 1. The summed E-state index contributed by atoms with van der Waals surface area (Å²) in [5.74, 6) is -0.515. The number of hydrogen-bond acceptors (Lipinski definition) is 6. The van der Waals surface area contributed by atoms with Gasteiger partial charge >= 0.3 is 6.18 Å². The number of hydrogen-bond donors (Lipinski definition) is 3. The molecule has 0 saturated heterocycles. The number of nitrogens with two attached hydrogens (primary N) is 1. The summed E-state index contributed by atoms with van der Waals surface area (Å²) in [6.07, 6.45) is -3.42. The zero-order valence-corrected chi connectivity index (χ0v) is 29.4. The van der Waals surface area contributed by atoms with Gasteiger partial charge in [-0.2, -0.15) is 13.2 Å². The predicted molar refractivity (Wildman–Crippen MR) is 181 cm³/mol. The molecule has 0 aliphatic heterocycles. The van der Waals surface area contributed by atoms with Crippen molar-refractivity contribution >= 4 is 11.7 Å². The Labute approximate surface area is 280 Å². The van der Waals surface area contributed by atoms with Crippen molar-refractivity contribution in [2.45, 2.75) is 98.6 Å². The SMILES string of the molecule is CC.CC.COc1cc(C(=O)NCC(O)(c2cc(C(C)(C)N=C(C)N)cc(-c3ccc(F)c(C)c3C)n2)C(F)(F)F)ccc1OC1CC1. The molecule has 3 aromatic rings. The number of alkyl halides is 3. The van der Waals surface area contributed by atoms with Crippen LogP contribution < -0.4 is 20.5 Å². The number of carbonyl (C=O) groups is 1. The summed E-state index contributed by atoms with van der Waals surface area (Å²) < 4.78 is 69.5. The Balaban J connectivity index is 0.00000193. The Morgan fingerprint density at radius 2 is 1.65 bits per heavy atom. The van der Waals surface area contributed by atoms with Crippen LogP contribution in [0.15, 0.2) is 47.5 Å². The van der Waals surface area contributed by atoms with Crippen molar-refractivity contribution in [1.82, 2.24) is 10.3 Å². The molecule has 264 valence electrons. The molecule has 1 heterocycles. The maximum absolute atomic E-state index is 14.7. The number of rotatable bonds is 10. The topological polar surface area (TPSA) is 119 Å². The van der Waals surface area contributed by atoms with Crippen LogP contribution in [0.1, 0.15) is 94.1 Å². The first kappa shape index (κ1) is 40.0. The number of nitrogens with one attached hydrogen (secondary N) is 1. The zero-order chi connectivity index (χ0) is 36.6. The number of pyridine rings is 1. The summed E-state index contributed by atoms with van der Waals surface area (Å²) >= 11 is 0. The third kappa shape index (κ3) is 9.24. The normalized spacial score (nSPS) is 14.4. The predicted octanol–water partition coefficient (Wildman–Crippen LogP) is 7.90. The van der Waals surface area contributed by atoms with Crippen LogP contribution in [0.5, 0.6) is 11.5 Å². The van der Waals surface area contributed by atoms with E-state index in [4.69, 9.17) is 15.2 Å². The van der Waals surface area contributed by atoms with E-state index < -0.39 is 41.3 Å². The lowest BCUT2D eigenvalue weighted by molar-refractivity contribution is -0.265. The summed E-state index contributed by atoms with van der Waals surface area (Å²) in [7, 11) is 1.39. The maximum Gasteiger partial charge on any atom is 0.424 e. The molecule has 1 fully saturated rings. The van der Waals surface area contributed by atoms with Crippen molar-refractivity contribution in [3.8, 4) is 22.8 Å². The number of aliphatic hydroxyl groups is 1. The smallest absolute Gasteiger partial charge is 0.424 e. The zero-order valence-electron chi connectivity index (χ0n) is 29.4. The van der Waals surface area contributed by atoms with E-state index in [1.807, 2.05) is 27.7 Å². The molecule has 4 rings (SSSR count). The summed E-state index contributed by atoms with van der Waals surface area (Å²) in [5, 5.41) is 13.5. The lowest BCUT2D eigenvalue weighted by Gasteiger charge is -2.32. The highest BCUT2D eigenvalue weighted by Crippen LogP contribution is 2.41. The Morgan fingerprint density at radius 3 is 2.19 bits per heavy atom. The van der Waals surface area contributed by atoms with E-state index in [0.29, 0.717) is 22.4 Å². The highest BCUT2D eigenvalue weighted by Gasteiger charge is 2.56. The molecule has 0 spiro atoms. The third-order valence-corrected chi connectivity index (χ3v) is 7.63. The monoisotopic (exact) mass is 676 g/mol. The lowest BCUT2D eigenvalue weighted by Crippen LogP contribution is -2.51. The molecule has 48 heavy (non-hydrogen) atoms. The molecule has 0 radical (unpaired) electrons. The molecule has 1 unspecified atom stereocenters. The van der Waals surface area contributed by atoms with Crippen LogP contribution in [0, 0.1) is 19.7 Å². The molecular formula is C36H48F4N4O4. The Kier molecular flexibility index (Phi) is 13.6. The number of aromatic nitrogens is 1. The quantitative estimate of drug-likeness (QED) is 0.114. The van der Waals surface area contributed by atoms with Crippen LogP contribution >= 0.6 is 0 Å². The first-order valence-corrected chi connectivity index (χ1v) is 16.0. The van der Waals surface area contributed by atoms with Gasteiger partial charge in [-0.05, 0) is 107 Å². The van der Waals surface area contributed by atoms with Gasteiger partial charge in [-0.3, -0.25) is 9.79 Å². The first-order valence-electron chi connectivity index (χ1n) is 16.0. The highest BCUT2D eigenvalue weighted by molar-refractivity contribution is 5.95. The van der Waals surface area contributed by atoms with Gasteiger partial charge in [-0.1, -0.05) is 27.7 Å². The molecule has 1 aliphatic rings. The second-order valence-corrected chi connectivity index (χ2v) is 11.5. The van der Waals surface area contributed by atoms with Crippen molar-refractivity contribution in [1.29, 1.82) is 0 Å². The number of carbonyl (C=O) groups excluding carboxylic acids is 1. The van der Waals surface area contributed by atoms with Crippen LogP contribution in [-0.2, 0) is 11.1 Å². The molecule has 0 bridgehead atoms. The van der Waals surface area contributed by atoms with Crippen LogP contribution in [-0.4, -0.2) is 47.8 Å². The molecule has 12 heteroatoms. The number of halogens is 4. The van der Waals surface area contributed by atoms with Gasteiger partial charge in [0.15, 0.2) is 11.5 Å². The van der Waals surface area contributed by atoms with Crippen LogP contribution in [0.3, 0.4) is 0 Å². The lowest BCUT2D eigenvalue weighted by atomic mass is 9.88. The average Bonchev–Trinajstić information content (AvgIpc) is 3.87. The molecule has 1 aliphatic carbocycles. The van der Waals surface area contributed by atoms with Crippen molar-refractivity contribution in [2.75, 3.05) is 13.7 Å². The van der Waals surface area contributed by atoms with Crippen molar-refractivity contribution < 1.29 is 36.9 Å². The number of ether oxygens (including phenoxy) is 2. The van der Waals surface area contributed by atoms with Crippen LogP contribution in [0.25, 0.3) is 11.3 Å². The molecule has 4 N–H and O–H groups in total. The minimum Gasteiger partial charge on any atom is -0.493 e. The van der Waals surface area contributed by atoms with E-state index in [2.05, 4.69) is 15.3 Å². The van der Waals surface area contributed by atoms with Crippen LogP contribution in [0.4, 0.5) is 17.6 Å². The van der Waals surface area contributed by atoms with E-state index in [9.17, 15) is 27.5 Å². The fourth-order valence-electron chi connectivity index (χ4n) is 4.72. The first-order chi connectivity index (χ1) is 22.5. The number of benzene rings is 2. The Morgan fingerprint density at radius 1 is 1.02 bits per heavy atom. The van der Waals surface area contributed by atoms with Crippen LogP contribution in [0.2, 0.25) is 0 Å². The standard InChI is InChI=1S/C32H36F4N4O4.2C2H6/c1-17-18(2)24(33)11-10-23(17)25-14-21(30(4,5)40-19(3)37)15-28(39-25)31(42,32(34,35)36)16-38-29(41)20-7-12-26(27(13-20)43-6)44-22-8-9-22;2*1-2/h7,10-15,22,42H,8-9,16H2,1-6H3,(H2,37,40)(H,38,41);2*1-2H3. The Bertz CT molecular complexity index is 1600. The fraction of sp³-hybridized carbons (Fsp3) is 0.472. The number of methoxy groups -OCH3 is 1. The molecule has 1 saturated carbocycles. The Hall–Kier alpha value is -4.19. The van der Waals surface area contributed by atoms with Gasteiger partial charge in [0.1, 0.15) is 5.82 Å². The van der Waals surface area contributed by atoms with E-state index in [-0.39, 0.29) is 34.5 Å². The molecule has 2 aromatic carbocycles. The second kappa shape index (κ2) is 16.3. The van der Waals surface area contributed by atoms with Gasteiger partial charge in [-0.15, -0.1) is 0 Å². The van der Waals surface area contributed by atoms with Gasteiger partial charge in [-0.25, -0.2) is 9.37 Å². The van der Waals surface area contributed by atoms with Crippen molar-refractivity contribution in [3.05, 3.63) is 76.2 Å². The summed E-state index contributed by atoms with van der Waals surface area (Å²) in [6, 6.07) is 9.49. The van der Waals surface area contributed by atoms with Crippen molar-refractivity contribution in [3.63, 3.8) is 0 Å². The third-order valence-electron chi connectivity index (χ3n) is 7.63. The van der Waals surface area contributed by atoms with Gasteiger partial charge in [0.2, 0.25) is 5.60 Å². The molecule has 1 atom stereocenters. The molecule has 1 amide bonds. The molecular weight excluding hydrogens is 628 g/mol. The van der Waals surface area contributed by atoms with Crippen molar-refractivity contribution in [2.24, 2.45) is 10.7 Å². The second-order valence-electron chi connectivity index (χ2n) is 11.5. The van der Waals surface area contributed by atoms with E-state index in [1.54, 1.807) is 34.6 Å². The van der Waals surface area contributed by atoms with E-state index in [0.717, 1.165) is 18.9 Å². The van der Waals surface area contributed by atoms with Gasteiger partial charge in [0.25, 0.3) is 5.91 Å². The molecule has 8 nitrogen and oxygen atoms in total. The van der Waals surface area contributed by atoms with E-state index in [1.165, 1.54) is 43.5 Å². The highest BCUT2D eigenvalue weighted by atomic mass is 19.4. The van der Waals surface area contributed by atoms with Gasteiger partial charge < -0.3 is 25.6 Å². The summed E-state index contributed by atoms with van der Waals surface area (Å²) in [5.41, 5.74) is 1.73. The summed E-state index contributed by atoms with van der Waals surface area (Å²) in [4.78, 5) is 21.6. The maximum atomic E-state index is 14.7. The van der Waals surface area contributed by atoms with Gasteiger partial charge in [0, 0.05) is 11.1 Å². The largest absolute Gasteiger partial charge is 0.493 e. The van der Waals surface area contributed by atoms with Gasteiger partial charge in [0.05, 0.1) is 42.5 Å². The number of aliphatic imine (C=N–C) groups is 1. The number of amidine groups is 1.